The van der Waals surface area contributed by atoms with Crippen molar-refractivity contribution in [2.75, 3.05) is 36.6 Å². The molecule has 1 aromatic heterocycles. The quantitative estimate of drug-likeness (QED) is 0.505. The lowest BCUT2D eigenvalue weighted by atomic mass is 10.4. The van der Waals surface area contributed by atoms with E-state index in [0.717, 1.165) is 18.0 Å². The van der Waals surface area contributed by atoms with E-state index in [2.05, 4.69) is 16.3 Å². The molecule has 0 aliphatic carbocycles. The summed E-state index contributed by atoms with van der Waals surface area (Å²) in [5, 5.41) is 3.51. The summed E-state index contributed by atoms with van der Waals surface area (Å²) in [7, 11) is -3.37. The van der Waals surface area contributed by atoms with Gasteiger partial charge < -0.3 is 15.8 Å². The Morgan fingerprint density at radius 2 is 2.25 bits per heavy atom. The number of nitrogens with two attached hydrogens (primary N) is 1. The molecule has 6 nitrogen and oxygen atoms in total. The third-order valence-corrected chi connectivity index (χ3v) is 5.39. The maximum absolute atomic E-state index is 12.1. The fraction of sp³-hybridized carbons (Fsp3) is 0.583. The lowest BCUT2D eigenvalue weighted by Gasteiger charge is -2.08. The monoisotopic (exact) mass is 319 g/mol. The van der Waals surface area contributed by atoms with Crippen molar-refractivity contribution in [3.8, 4) is 0 Å². The number of sulfone groups is 1. The summed E-state index contributed by atoms with van der Waals surface area (Å²) in [6.07, 6.45) is 3.12. The van der Waals surface area contributed by atoms with E-state index < -0.39 is 9.84 Å². The van der Waals surface area contributed by atoms with Gasteiger partial charge >= 0.3 is 0 Å². The number of nitrogen functional groups attached to an aromatic ring is 1. The Morgan fingerprint density at radius 3 is 2.90 bits per heavy atom. The molecule has 0 radical (unpaired) electrons. The van der Waals surface area contributed by atoms with Crippen molar-refractivity contribution < 1.29 is 13.2 Å². The molecule has 20 heavy (non-hydrogen) atoms. The van der Waals surface area contributed by atoms with Crippen molar-refractivity contribution in [3.63, 3.8) is 0 Å². The molecule has 0 saturated carbocycles. The standard InChI is InChI=1S/C12H21N3O3S2/c1-3-5-7-18-8-6-14-12-10(11(13)15-19-12)20(16,17)9-4-2/h3,14H,1,4-9H2,2H3,(H2,13,15). The first-order chi connectivity index (χ1) is 9.53. The van der Waals surface area contributed by atoms with Crippen LogP contribution >= 0.6 is 11.5 Å². The Hall–Kier alpha value is -1.12. The lowest BCUT2D eigenvalue weighted by Crippen LogP contribution is -2.13. The second-order valence-corrected chi connectivity index (χ2v) is 6.98. The van der Waals surface area contributed by atoms with Crippen LogP contribution in [0.2, 0.25) is 0 Å². The van der Waals surface area contributed by atoms with Crippen LogP contribution in [0, 0.1) is 0 Å². The Labute approximate surface area is 124 Å². The average Bonchev–Trinajstić information content (AvgIpc) is 2.75. The summed E-state index contributed by atoms with van der Waals surface area (Å²) in [5.74, 6) is 0.138. The molecule has 0 bridgehead atoms. The number of nitrogens with zero attached hydrogens (tertiary/aromatic N) is 1. The Kier molecular flexibility index (Phi) is 6.97. The largest absolute Gasteiger partial charge is 0.382 e. The van der Waals surface area contributed by atoms with E-state index >= 15 is 0 Å². The summed E-state index contributed by atoms with van der Waals surface area (Å²) in [6, 6.07) is 0. The first-order valence-electron chi connectivity index (χ1n) is 6.43. The van der Waals surface area contributed by atoms with Crippen LogP contribution in [0.1, 0.15) is 19.8 Å². The van der Waals surface area contributed by atoms with Crippen molar-refractivity contribution in [3.05, 3.63) is 12.7 Å². The fourth-order valence-corrected chi connectivity index (χ4v) is 4.23. The first kappa shape index (κ1) is 16.9. The van der Waals surface area contributed by atoms with E-state index in [1.165, 1.54) is 0 Å². The maximum Gasteiger partial charge on any atom is 0.185 e. The van der Waals surface area contributed by atoms with Gasteiger partial charge in [-0.15, -0.1) is 6.58 Å². The van der Waals surface area contributed by atoms with Crippen LogP contribution in [0.3, 0.4) is 0 Å². The molecule has 8 heteroatoms. The van der Waals surface area contributed by atoms with Crippen molar-refractivity contribution in [1.82, 2.24) is 4.37 Å². The topological polar surface area (TPSA) is 94.3 Å². The highest BCUT2D eigenvalue weighted by molar-refractivity contribution is 7.91. The third kappa shape index (κ3) is 4.77. The molecule has 0 aliphatic rings. The third-order valence-electron chi connectivity index (χ3n) is 2.46. The molecular weight excluding hydrogens is 298 g/mol. The lowest BCUT2D eigenvalue weighted by molar-refractivity contribution is 0.149. The molecule has 1 rings (SSSR count). The average molecular weight is 319 g/mol. The number of hydrogen-bond acceptors (Lipinski definition) is 7. The summed E-state index contributed by atoms with van der Waals surface area (Å²) >= 11 is 1.06. The van der Waals surface area contributed by atoms with Gasteiger partial charge in [0.25, 0.3) is 0 Å². The van der Waals surface area contributed by atoms with E-state index in [9.17, 15) is 8.42 Å². The second kappa shape index (κ2) is 8.23. The number of rotatable bonds is 10. The van der Waals surface area contributed by atoms with E-state index in [1.807, 2.05) is 6.92 Å². The van der Waals surface area contributed by atoms with Crippen LogP contribution in [0.15, 0.2) is 17.6 Å². The molecular formula is C12H21N3O3S2. The Balaban J connectivity index is 2.61. The van der Waals surface area contributed by atoms with Gasteiger partial charge in [0, 0.05) is 6.54 Å². The van der Waals surface area contributed by atoms with Crippen LogP contribution in [0.4, 0.5) is 10.8 Å². The highest BCUT2D eigenvalue weighted by Gasteiger charge is 2.24. The molecule has 0 saturated heterocycles. The molecule has 0 amide bonds. The number of ether oxygens (including phenoxy) is 1. The number of aromatic nitrogens is 1. The number of nitrogens with one attached hydrogen (secondary N) is 1. The molecule has 1 aromatic rings. The summed E-state index contributed by atoms with van der Waals surface area (Å²) in [5.41, 5.74) is 5.67. The molecule has 0 aliphatic heterocycles. The molecule has 3 N–H and O–H groups in total. The predicted molar refractivity (Wildman–Crippen MR) is 83.0 cm³/mol. The molecule has 0 spiro atoms. The maximum atomic E-state index is 12.1. The normalized spacial score (nSPS) is 11.4. The van der Waals surface area contributed by atoms with E-state index in [0.29, 0.717) is 31.2 Å². The van der Waals surface area contributed by atoms with Crippen molar-refractivity contribution >= 4 is 32.2 Å². The number of anilines is 2. The highest BCUT2D eigenvalue weighted by atomic mass is 32.2. The van der Waals surface area contributed by atoms with Gasteiger partial charge in [-0.1, -0.05) is 13.0 Å². The van der Waals surface area contributed by atoms with Crippen LogP contribution in [0.5, 0.6) is 0 Å². The molecule has 114 valence electrons. The van der Waals surface area contributed by atoms with Crippen molar-refractivity contribution in [2.45, 2.75) is 24.7 Å². The van der Waals surface area contributed by atoms with E-state index in [-0.39, 0.29) is 16.5 Å². The molecule has 1 heterocycles. The zero-order valence-corrected chi connectivity index (χ0v) is 13.2. The van der Waals surface area contributed by atoms with Gasteiger partial charge in [0.2, 0.25) is 0 Å². The minimum absolute atomic E-state index is 0.0681. The van der Waals surface area contributed by atoms with E-state index in [1.54, 1.807) is 6.08 Å². The van der Waals surface area contributed by atoms with Gasteiger partial charge in [-0.2, -0.15) is 4.37 Å². The first-order valence-corrected chi connectivity index (χ1v) is 8.86. The summed E-state index contributed by atoms with van der Waals surface area (Å²) < 4.78 is 33.5. The van der Waals surface area contributed by atoms with Crippen LogP contribution in [-0.2, 0) is 14.6 Å². The number of hydrogen-bond donors (Lipinski definition) is 2. The van der Waals surface area contributed by atoms with Gasteiger partial charge in [0.05, 0.1) is 19.0 Å². The molecule has 0 fully saturated rings. The summed E-state index contributed by atoms with van der Waals surface area (Å²) in [4.78, 5) is 0.121. The molecule has 0 unspecified atom stereocenters. The molecule has 0 aromatic carbocycles. The van der Waals surface area contributed by atoms with Gasteiger partial charge in [-0.25, -0.2) is 8.42 Å². The summed E-state index contributed by atoms with van der Waals surface area (Å²) in [6.45, 7) is 7.02. The Morgan fingerprint density at radius 1 is 1.50 bits per heavy atom. The second-order valence-electron chi connectivity index (χ2n) is 4.16. The van der Waals surface area contributed by atoms with Crippen LogP contribution in [-0.4, -0.2) is 38.3 Å². The van der Waals surface area contributed by atoms with Crippen molar-refractivity contribution in [2.24, 2.45) is 0 Å². The zero-order chi connectivity index (χ0) is 15.0. The van der Waals surface area contributed by atoms with Gasteiger partial charge in [-0.3, -0.25) is 0 Å². The predicted octanol–water partition coefficient (Wildman–Crippen LogP) is 1.91. The van der Waals surface area contributed by atoms with Gasteiger partial charge in [-0.05, 0) is 24.4 Å². The van der Waals surface area contributed by atoms with E-state index in [4.69, 9.17) is 10.5 Å². The minimum atomic E-state index is -3.37. The molecule has 0 atom stereocenters. The fourth-order valence-electron chi connectivity index (χ4n) is 1.58. The zero-order valence-electron chi connectivity index (χ0n) is 11.6. The van der Waals surface area contributed by atoms with Gasteiger partial charge in [0.1, 0.15) is 9.90 Å². The highest BCUT2D eigenvalue weighted by Crippen LogP contribution is 2.32. The van der Waals surface area contributed by atoms with Crippen LogP contribution < -0.4 is 11.1 Å². The van der Waals surface area contributed by atoms with Crippen molar-refractivity contribution in [1.29, 1.82) is 0 Å². The SMILES string of the molecule is C=CCCOCCNc1snc(N)c1S(=O)(=O)CCC. The smallest absolute Gasteiger partial charge is 0.185 e. The van der Waals surface area contributed by atoms with Gasteiger partial charge in [0.15, 0.2) is 15.7 Å². The minimum Gasteiger partial charge on any atom is -0.382 e. The van der Waals surface area contributed by atoms with Crippen LogP contribution in [0.25, 0.3) is 0 Å². The Bertz CT molecular complexity index is 526.